The van der Waals surface area contributed by atoms with Crippen LogP contribution in [0.15, 0.2) is 24.3 Å². The standard InChI is InChI=1S/C14H19BrN2O2/c1-3-11(15)14(19)16-9-8-13(18)17-12-7-5-4-6-10(12)2/h4-7,11H,3,8-9H2,1-2H3,(H,16,19)(H,17,18)/t11-/m1/s1. The van der Waals surface area contributed by atoms with Gasteiger partial charge < -0.3 is 10.6 Å². The first-order valence-corrected chi connectivity index (χ1v) is 7.23. The lowest BCUT2D eigenvalue weighted by atomic mass is 10.2. The van der Waals surface area contributed by atoms with E-state index in [0.717, 1.165) is 17.7 Å². The molecular formula is C14H19BrN2O2. The minimum atomic E-state index is -0.188. The lowest BCUT2D eigenvalue weighted by Gasteiger charge is -2.10. The number of hydrogen-bond acceptors (Lipinski definition) is 2. The van der Waals surface area contributed by atoms with Gasteiger partial charge in [0.1, 0.15) is 0 Å². The van der Waals surface area contributed by atoms with Crippen LogP contribution in [0.1, 0.15) is 25.3 Å². The van der Waals surface area contributed by atoms with Gasteiger partial charge in [-0.1, -0.05) is 41.1 Å². The molecule has 1 aromatic carbocycles. The predicted molar refractivity (Wildman–Crippen MR) is 80.4 cm³/mol. The molecule has 5 heteroatoms. The fraction of sp³-hybridized carbons (Fsp3) is 0.429. The number of anilines is 1. The SMILES string of the molecule is CC[C@@H](Br)C(=O)NCCC(=O)Nc1ccccc1C. The molecule has 0 aliphatic carbocycles. The fourth-order valence-corrected chi connectivity index (χ4v) is 1.68. The molecule has 19 heavy (non-hydrogen) atoms. The maximum Gasteiger partial charge on any atom is 0.233 e. The molecule has 0 heterocycles. The quantitative estimate of drug-likeness (QED) is 0.789. The molecule has 0 spiro atoms. The Labute approximate surface area is 122 Å². The Hall–Kier alpha value is -1.36. The average molecular weight is 327 g/mol. The molecule has 0 aliphatic rings. The van der Waals surface area contributed by atoms with Crippen molar-refractivity contribution in [1.82, 2.24) is 5.32 Å². The zero-order valence-electron chi connectivity index (χ0n) is 11.2. The summed E-state index contributed by atoms with van der Waals surface area (Å²) in [5.74, 6) is -0.177. The van der Waals surface area contributed by atoms with Crippen LogP contribution in [0, 0.1) is 6.92 Å². The summed E-state index contributed by atoms with van der Waals surface area (Å²) in [7, 11) is 0. The first-order valence-electron chi connectivity index (χ1n) is 6.31. The van der Waals surface area contributed by atoms with Crippen molar-refractivity contribution in [3.8, 4) is 0 Å². The van der Waals surface area contributed by atoms with Crippen LogP contribution in [0.4, 0.5) is 5.69 Å². The highest BCUT2D eigenvalue weighted by Gasteiger charge is 2.12. The van der Waals surface area contributed by atoms with E-state index in [-0.39, 0.29) is 23.1 Å². The van der Waals surface area contributed by atoms with Crippen LogP contribution < -0.4 is 10.6 Å². The van der Waals surface area contributed by atoms with Gasteiger partial charge in [0.15, 0.2) is 0 Å². The number of carbonyl (C=O) groups is 2. The summed E-state index contributed by atoms with van der Waals surface area (Å²) in [6, 6.07) is 7.60. The number of carbonyl (C=O) groups excluding carboxylic acids is 2. The Bertz CT molecular complexity index is 449. The van der Waals surface area contributed by atoms with E-state index in [9.17, 15) is 9.59 Å². The summed E-state index contributed by atoms with van der Waals surface area (Å²) in [5, 5.41) is 5.54. The van der Waals surface area contributed by atoms with E-state index in [1.54, 1.807) is 0 Å². The van der Waals surface area contributed by atoms with E-state index in [1.165, 1.54) is 0 Å². The smallest absolute Gasteiger partial charge is 0.233 e. The van der Waals surface area contributed by atoms with E-state index >= 15 is 0 Å². The lowest BCUT2D eigenvalue weighted by Crippen LogP contribution is -2.33. The molecule has 1 atom stereocenters. The third-order valence-electron chi connectivity index (χ3n) is 2.71. The van der Waals surface area contributed by atoms with Gasteiger partial charge in [-0.25, -0.2) is 0 Å². The summed E-state index contributed by atoms with van der Waals surface area (Å²) in [4.78, 5) is 23.0. The highest BCUT2D eigenvalue weighted by atomic mass is 79.9. The molecule has 0 aliphatic heterocycles. The second-order valence-corrected chi connectivity index (χ2v) is 5.39. The van der Waals surface area contributed by atoms with Crippen molar-refractivity contribution >= 4 is 33.4 Å². The Kier molecular flexibility index (Phi) is 6.56. The van der Waals surface area contributed by atoms with Crippen molar-refractivity contribution in [2.24, 2.45) is 0 Å². The van der Waals surface area contributed by atoms with Crippen LogP contribution in [0.5, 0.6) is 0 Å². The van der Waals surface area contributed by atoms with Gasteiger partial charge in [-0.3, -0.25) is 9.59 Å². The van der Waals surface area contributed by atoms with Gasteiger partial charge in [0.2, 0.25) is 11.8 Å². The maximum absolute atomic E-state index is 11.7. The minimum Gasteiger partial charge on any atom is -0.355 e. The van der Waals surface area contributed by atoms with Crippen LogP contribution in [0.2, 0.25) is 0 Å². The number of alkyl halides is 1. The Balaban J connectivity index is 2.33. The number of benzene rings is 1. The average Bonchev–Trinajstić information content (AvgIpc) is 2.40. The summed E-state index contributed by atoms with van der Waals surface area (Å²) in [6.07, 6.45) is 0.991. The summed E-state index contributed by atoms with van der Waals surface area (Å²) < 4.78 is 0. The molecule has 1 rings (SSSR count). The first kappa shape index (κ1) is 15.7. The van der Waals surface area contributed by atoms with E-state index in [0.29, 0.717) is 6.54 Å². The van der Waals surface area contributed by atoms with Gasteiger partial charge in [-0.2, -0.15) is 0 Å². The lowest BCUT2D eigenvalue weighted by molar-refractivity contribution is -0.120. The van der Waals surface area contributed by atoms with Crippen molar-refractivity contribution in [3.05, 3.63) is 29.8 Å². The minimum absolute atomic E-state index is 0.0776. The van der Waals surface area contributed by atoms with Crippen LogP contribution in [-0.2, 0) is 9.59 Å². The number of aryl methyl sites for hydroxylation is 1. The number of para-hydroxylation sites is 1. The van der Waals surface area contributed by atoms with Crippen LogP contribution in [0.25, 0.3) is 0 Å². The molecule has 0 fully saturated rings. The van der Waals surface area contributed by atoms with Crippen molar-refractivity contribution in [2.45, 2.75) is 31.5 Å². The molecule has 0 unspecified atom stereocenters. The predicted octanol–water partition coefficient (Wildman–Crippen LogP) is 2.61. The summed E-state index contributed by atoms with van der Waals surface area (Å²) in [5.41, 5.74) is 1.83. The topological polar surface area (TPSA) is 58.2 Å². The van der Waals surface area contributed by atoms with Crippen LogP contribution in [0.3, 0.4) is 0 Å². The number of halogens is 1. The molecular weight excluding hydrogens is 308 g/mol. The second kappa shape index (κ2) is 7.94. The van der Waals surface area contributed by atoms with E-state index < -0.39 is 0 Å². The normalized spacial score (nSPS) is 11.7. The number of rotatable bonds is 6. The number of hydrogen-bond donors (Lipinski definition) is 2. The largest absolute Gasteiger partial charge is 0.355 e. The second-order valence-electron chi connectivity index (χ2n) is 4.28. The van der Waals surface area contributed by atoms with Gasteiger partial charge >= 0.3 is 0 Å². The van der Waals surface area contributed by atoms with Gasteiger partial charge in [0.05, 0.1) is 4.83 Å². The molecule has 0 radical (unpaired) electrons. The Morgan fingerprint density at radius 2 is 2.00 bits per heavy atom. The van der Waals surface area contributed by atoms with Crippen molar-refractivity contribution in [3.63, 3.8) is 0 Å². The van der Waals surface area contributed by atoms with Gasteiger partial charge in [-0.05, 0) is 25.0 Å². The van der Waals surface area contributed by atoms with E-state index in [2.05, 4.69) is 26.6 Å². The number of nitrogens with one attached hydrogen (secondary N) is 2. The molecule has 2 amide bonds. The molecule has 1 aromatic rings. The molecule has 2 N–H and O–H groups in total. The Morgan fingerprint density at radius 3 is 2.63 bits per heavy atom. The molecule has 0 saturated heterocycles. The molecule has 0 saturated carbocycles. The Morgan fingerprint density at radius 1 is 1.32 bits per heavy atom. The zero-order valence-corrected chi connectivity index (χ0v) is 12.8. The summed E-state index contributed by atoms with van der Waals surface area (Å²) >= 11 is 3.26. The third kappa shape index (κ3) is 5.42. The van der Waals surface area contributed by atoms with E-state index in [4.69, 9.17) is 0 Å². The molecule has 104 valence electrons. The highest BCUT2D eigenvalue weighted by molar-refractivity contribution is 9.10. The van der Waals surface area contributed by atoms with E-state index in [1.807, 2.05) is 38.1 Å². The zero-order chi connectivity index (χ0) is 14.3. The van der Waals surface area contributed by atoms with Crippen molar-refractivity contribution < 1.29 is 9.59 Å². The van der Waals surface area contributed by atoms with Crippen LogP contribution >= 0.6 is 15.9 Å². The molecule has 0 bridgehead atoms. The first-order chi connectivity index (χ1) is 9.04. The third-order valence-corrected chi connectivity index (χ3v) is 3.78. The van der Waals surface area contributed by atoms with Crippen molar-refractivity contribution in [2.75, 3.05) is 11.9 Å². The molecule has 4 nitrogen and oxygen atoms in total. The van der Waals surface area contributed by atoms with Gasteiger partial charge in [0, 0.05) is 18.7 Å². The molecule has 0 aromatic heterocycles. The van der Waals surface area contributed by atoms with Gasteiger partial charge in [-0.15, -0.1) is 0 Å². The number of amides is 2. The summed E-state index contributed by atoms with van der Waals surface area (Å²) in [6.45, 7) is 4.20. The van der Waals surface area contributed by atoms with Crippen LogP contribution in [-0.4, -0.2) is 23.2 Å². The maximum atomic E-state index is 11.7. The highest BCUT2D eigenvalue weighted by Crippen LogP contribution is 2.13. The van der Waals surface area contributed by atoms with Crippen molar-refractivity contribution in [1.29, 1.82) is 0 Å². The van der Waals surface area contributed by atoms with Gasteiger partial charge in [0.25, 0.3) is 0 Å². The monoisotopic (exact) mass is 326 g/mol. The fourth-order valence-electron chi connectivity index (χ4n) is 1.52.